The van der Waals surface area contributed by atoms with Gasteiger partial charge in [0.25, 0.3) is 0 Å². The van der Waals surface area contributed by atoms with Gasteiger partial charge in [0.2, 0.25) is 10.0 Å². The summed E-state index contributed by atoms with van der Waals surface area (Å²) in [6.07, 6.45) is 1.11. The highest BCUT2D eigenvalue weighted by molar-refractivity contribution is 7.88. The molecule has 7 heteroatoms. The molecule has 0 aromatic carbocycles. The van der Waals surface area contributed by atoms with Crippen molar-refractivity contribution in [2.75, 3.05) is 6.26 Å². The van der Waals surface area contributed by atoms with Crippen LogP contribution in [0.3, 0.4) is 0 Å². The number of hydrogen-bond donors (Lipinski definition) is 1. The van der Waals surface area contributed by atoms with Crippen molar-refractivity contribution in [1.29, 1.82) is 0 Å². The number of aromatic nitrogens is 2. The monoisotopic (exact) mass is 193 g/mol. The van der Waals surface area contributed by atoms with Gasteiger partial charge in [0.1, 0.15) is 10.5 Å². The second-order valence-electron chi connectivity index (χ2n) is 1.93. The minimum absolute atomic E-state index is 0.226. The maximum Gasteiger partial charge on any atom is 0.209 e. The summed E-state index contributed by atoms with van der Waals surface area (Å²) in [7, 11) is -3.11. The Bertz CT molecular complexity index is 304. The fraction of sp³-hybridized carbons (Fsp3) is 0.500. The molecule has 0 bridgehead atoms. The lowest BCUT2D eigenvalue weighted by Gasteiger charge is -1.95. The minimum Gasteiger partial charge on any atom is -0.213 e. The van der Waals surface area contributed by atoms with E-state index in [0.29, 0.717) is 5.01 Å². The molecule has 0 saturated carbocycles. The van der Waals surface area contributed by atoms with Gasteiger partial charge in [-0.25, -0.2) is 13.1 Å². The van der Waals surface area contributed by atoms with E-state index in [2.05, 4.69) is 14.9 Å². The van der Waals surface area contributed by atoms with Gasteiger partial charge in [-0.2, -0.15) is 0 Å². The zero-order valence-electron chi connectivity index (χ0n) is 5.81. The second-order valence-corrected chi connectivity index (χ2v) is 4.68. The van der Waals surface area contributed by atoms with E-state index in [-0.39, 0.29) is 6.54 Å². The molecule has 1 heterocycles. The third-order valence-electron chi connectivity index (χ3n) is 0.891. The van der Waals surface area contributed by atoms with Crippen molar-refractivity contribution < 1.29 is 8.42 Å². The van der Waals surface area contributed by atoms with Crippen LogP contribution in [0.2, 0.25) is 0 Å². The Morgan fingerprint density at radius 1 is 1.73 bits per heavy atom. The average molecular weight is 193 g/mol. The van der Waals surface area contributed by atoms with Crippen molar-refractivity contribution in [2.24, 2.45) is 0 Å². The molecule has 0 aliphatic heterocycles. The summed E-state index contributed by atoms with van der Waals surface area (Å²) in [5.41, 5.74) is 1.55. The first-order valence-corrected chi connectivity index (χ1v) is 5.55. The van der Waals surface area contributed by atoms with Crippen LogP contribution < -0.4 is 4.72 Å². The molecule has 0 spiro atoms. The Morgan fingerprint density at radius 2 is 2.45 bits per heavy atom. The van der Waals surface area contributed by atoms with Crippen molar-refractivity contribution in [3.05, 3.63) is 10.5 Å². The van der Waals surface area contributed by atoms with Gasteiger partial charge in [-0.1, -0.05) is 0 Å². The maximum absolute atomic E-state index is 10.6. The van der Waals surface area contributed by atoms with Crippen LogP contribution in [0.25, 0.3) is 0 Å². The van der Waals surface area contributed by atoms with Gasteiger partial charge in [-0.15, -0.1) is 21.5 Å². The summed E-state index contributed by atoms with van der Waals surface area (Å²) in [4.78, 5) is 0. The lowest BCUT2D eigenvalue weighted by atomic mass is 10.7. The first-order chi connectivity index (χ1) is 5.08. The largest absolute Gasteiger partial charge is 0.213 e. The van der Waals surface area contributed by atoms with Gasteiger partial charge in [-0.3, -0.25) is 0 Å². The first kappa shape index (κ1) is 8.57. The fourth-order valence-electron chi connectivity index (χ4n) is 0.466. The molecule has 1 rings (SSSR count). The molecule has 0 atom stereocenters. The van der Waals surface area contributed by atoms with Crippen LogP contribution in [0.4, 0.5) is 0 Å². The third-order valence-corrected chi connectivity index (χ3v) is 2.26. The summed E-state index contributed by atoms with van der Waals surface area (Å²) in [5.74, 6) is 0. The molecule has 1 aromatic rings. The van der Waals surface area contributed by atoms with E-state index in [1.54, 1.807) is 5.51 Å². The highest BCUT2D eigenvalue weighted by atomic mass is 32.2. The van der Waals surface area contributed by atoms with Crippen LogP contribution >= 0.6 is 11.3 Å². The zero-order valence-corrected chi connectivity index (χ0v) is 7.44. The summed E-state index contributed by atoms with van der Waals surface area (Å²) in [6.45, 7) is 0.226. The highest BCUT2D eigenvalue weighted by Crippen LogP contribution is 1.99. The van der Waals surface area contributed by atoms with Crippen LogP contribution in [-0.2, 0) is 16.6 Å². The van der Waals surface area contributed by atoms with E-state index in [1.165, 1.54) is 11.3 Å². The number of nitrogens with one attached hydrogen (secondary N) is 1. The Kier molecular flexibility index (Phi) is 2.53. The van der Waals surface area contributed by atoms with E-state index in [9.17, 15) is 8.42 Å². The number of hydrogen-bond acceptors (Lipinski definition) is 5. The van der Waals surface area contributed by atoms with Crippen molar-refractivity contribution in [2.45, 2.75) is 6.54 Å². The van der Waals surface area contributed by atoms with Gasteiger partial charge in [0.15, 0.2) is 0 Å². The predicted molar refractivity (Wildman–Crippen MR) is 41.6 cm³/mol. The molecule has 0 radical (unpaired) electrons. The van der Waals surface area contributed by atoms with Crippen molar-refractivity contribution >= 4 is 21.4 Å². The lowest BCUT2D eigenvalue weighted by molar-refractivity contribution is 0.587. The average Bonchev–Trinajstić information content (AvgIpc) is 2.32. The van der Waals surface area contributed by atoms with Gasteiger partial charge in [0.05, 0.1) is 12.8 Å². The molecule has 5 nitrogen and oxygen atoms in total. The fourth-order valence-corrected chi connectivity index (χ4v) is 1.42. The topological polar surface area (TPSA) is 72.0 Å². The molecule has 11 heavy (non-hydrogen) atoms. The minimum atomic E-state index is -3.11. The molecule has 62 valence electrons. The molecule has 0 aliphatic carbocycles. The Hall–Kier alpha value is -0.530. The Morgan fingerprint density at radius 3 is 2.91 bits per heavy atom. The van der Waals surface area contributed by atoms with Crippen LogP contribution in [0, 0.1) is 0 Å². The van der Waals surface area contributed by atoms with Crippen LogP contribution in [0.15, 0.2) is 5.51 Å². The number of nitrogens with zero attached hydrogens (tertiary/aromatic N) is 2. The number of sulfonamides is 1. The standard InChI is InChI=1S/C4H7N3O2S2/c1-11(8,9)6-2-4-7-5-3-10-4/h3,6H,2H2,1H3. The smallest absolute Gasteiger partial charge is 0.209 e. The predicted octanol–water partition coefficient (Wildman–Crippen LogP) is -0.413. The summed E-state index contributed by atoms with van der Waals surface area (Å²) in [5, 5.41) is 7.88. The van der Waals surface area contributed by atoms with Crippen molar-refractivity contribution in [3.8, 4) is 0 Å². The molecule has 0 unspecified atom stereocenters. The third kappa shape index (κ3) is 3.40. The summed E-state index contributed by atoms with van der Waals surface area (Å²) in [6, 6.07) is 0. The van der Waals surface area contributed by atoms with Crippen molar-refractivity contribution in [3.63, 3.8) is 0 Å². The van der Waals surface area contributed by atoms with E-state index in [0.717, 1.165) is 6.26 Å². The lowest BCUT2D eigenvalue weighted by Crippen LogP contribution is -2.21. The molecule has 1 N–H and O–H groups in total. The zero-order chi connectivity index (χ0) is 8.32. The van der Waals surface area contributed by atoms with Crippen LogP contribution in [-0.4, -0.2) is 24.9 Å². The van der Waals surface area contributed by atoms with Gasteiger partial charge >= 0.3 is 0 Å². The van der Waals surface area contributed by atoms with Gasteiger partial charge in [-0.05, 0) is 0 Å². The van der Waals surface area contributed by atoms with Crippen LogP contribution in [0.1, 0.15) is 5.01 Å². The van der Waals surface area contributed by atoms with Gasteiger partial charge < -0.3 is 0 Å². The van der Waals surface area contributed by atoms with Crippen LogP contribution in [0.5, 0.6) is 0 Å². The van der Waals surface area contributed by atoms with Crippen molar-refractivity contribution in [1.82, 2.24) is 14.9 Å². The number of rotatable bonds is 3. The molecule has 0 aliphatic rings. The summed E-state index contributed by atoms with van der Waals surface area (Å²) >= 11 is 1.31. The second kappa shape index (κ2) is 3.24. The van der Waals surface area contributed by atoms with E-state index < -0.39 is 10.0 Å². The SMILES string of the molecule is CS(=O)(=O)NCc1nncs1. The molecule has 0 saturated heterocycles. The molecular weight excluding hydrogens is 186 g/mol. The van der Waals surface area contributed by atoms with Gasteiger partial charge in [0, 0.05) is 0 Å². The van der Waals surface area contributed by atoms with E-state index in [4.69, 9.17) is 0 Å². The molecular formula is C4H7N3O2S2. The maximum atomic E-state index is 10.6. The molecule has 1 aromatic heterocycles. The molecule has 0 fully saturated rings. The Labute approximate surface area is 68.5 Å². The van der Waals surface area contributed by atoms with E-state index >= 15 is 0 Å². The van der Waals surface area contributed by atoms with E-state index in [1.807, 2.05) is 0 Å². The quantitative estimate of drug-likeness (QED) is 0.708. The highest BCUT2D eigenvalue weighted by Gasteiger charge is 2.01. The summed E-state index contributed by atoms with van der Waals surface area (Å²) < 4.78 is 23.4. The first-order valence-electron chi connectivity index (χ1n) is 2.77. The Balaban J connectivity index is 2.48. The molecule has 0 amide bonds. The normalized spacial score (nSPS) is 11.7.